The first-order valence-corrected chi connectivity index (χ1v) is 8.40. The molecular weight excluding hydrogens is 342 g/mol. The second-order valence-electron chi connectivity index (χ2n) is 4.93. The van der Waals surface area contributed by atoms with Crippen LogP contribution in [0.2, 0.25) is 5.02 Å². The van der Waals surface area contributed by atoms with Crippen LogP contribution in [0.15, 0.2) is 34.8 Å². The van der Waals surface area contributed by atoms with Gasteiger partial charge in [-0.2, -0.15) is 0 Å². The summed E-state index contributed by atoms with van der Waals surface area (Å²) in [5.41, 5.74) is 1.18. The monoisotopic (exact) mass is 355 g/mol. The van der Waals surface area contributed by atoms with Gasteiger partial charge >= 0.3 is 0 Å². The van der Waals surface area contributed by atoms with E-state index in [1.54, 1.807) is 0 Å². The summed E-state index contributed by atoms with van der Waals surface area (Å²) >= 11 is 11.6. The molecule has 1 aliphatic rings. The van der Waals surface area contributed by atoms with Crippen molar-refractivity contribution in [1.29, 1.82) is 0 Å². The lowest BCUT2D eigenvalue weighted by atomic mass is 10.1. The zero-order valence-electron chi connectivity index (χ0n) is 10.6. The SMILES string of the molecule is CNC(c1ccc(-c2cc(Cl)ccc2Br)s1)C1CC1. The van der Waals surface area contributed by atoms with Crippen LogP contribution < -0.4 is 5.32 Å². The molecule has 1 aliphatic carbocycles. The van der Waals surface area contributed by atoms with Crippen LogP contribution in [0.3, 0.4) is 0 Å². The number of rotatable bonds is 4. The van der Waals surface area contributed by atoms with E-state index in [0.29, 0.717) is 6.04 Å². The molecule has 1 nitrogen and oxygen atoms in total. The average molecular weight is 357 g/mol. The fourth-order valence-electron chi connectivity index (χ4n) is 2.39. The Hall–Kier alpha value is -0.350. The van der Waals surface area contributed by atoms with Crippen molar-refractivity contribution in [3.05, 3.63) is 44.7 Å². The van der Waals surface area contributed by atoms with Crippen LogP contribution in [0, 0.1) is 5.92 Å². The van der Waals surface area contributed by atoms with E-state index in [1.807, 2.05) is 29.5 Å². The van der Waals surface area contributed by atoms with Gasteiger partial charge in [0.15, 0.2) is 0 Å². The molecule has 1 unspecified atom stereocenters. The standard InChI is InChI=1S/C15H15BrClNS/c1-18-15(9-2-3-9)14-7-6-13(19-14)11-8-10(17)4-5-12(11)16/h4-9,15,18H,2-3H2,1H3. The van der Waals surface area contributed by atoms with Gasteiger partial charge in [0.1, 0.15) is 0 Å². The van der Waals surface area contributed by atoms with Gasteiger partial charge in [0.2, 0.25) is 0 Å². The Labute approximate surface area is 131 Å². The second-order valence-corrected chi connectivity index (χ2v) is 7.34. The fourth-order valence-corrected chi connectivity index (χ4v) is 4.40. The molecule has 0 spiro atoms. The number of nitrogens with one attached hydrogen (secondary N) is 1. The number of hydrogen-bond acceptors (Lipinski definition) is 2. The summed E-state index contributed by atoms with van der Waals surface area (Å²) in [6.45, 7) is 0. The maximum absolute atomic E-state index is 6.10. The van der Waals surface area contributed by atoms with E-state index in [2.05, 4.69) is 40.4 Å². The van der Waals surface area contributed by atoms with E-state index in [4.69, 9.17) is 11.6 Å². The summed E-state index contributed by atoms with van der Waals surface area (Å²) in [5.74, 6) is 0.819. The van der Waals surface area contributed by atoms with Gasteiger partial charge in [-0.15, -0.1) is 11.3 Å². The molecule has 3 rings (SSSR count). The van der Waals surface area contributed by atoms with Crippen molar-refractivity contribution >= 4 is 38.9 Å². The minimum atomic E-state index is 0.511. The van der Waals surface area contributed by atoms with Crippen molar-refractivity contribution in [3.63, 3.8) is 0 Å². The van der Waals surface area contributed by atoms with Crippen LogP contribution in [0.4, 0.5) is 0 Å². The molecule has 0 radical (unpaired) electrons. The Bertz CT molecular complexity index is 592. The highest BCUT2D eigenvalue weighted by atomic mass is 79.9. The van der Waals surface area contributed by atoms with Crippen molar-refractivity contribution in [2.45, 2.75) is 18.9 Å². The summed E-state index contributed by atoms with van der Waals surface area (Å²) in [4.78, 5) is 2.69. The predicted molar refractivity (Wildman–Crippen MR) is 87.0 cm³/mol. The Balaban J connectivity index is 1.94. The summed E-state index contributed by atoms with van der Waals surface area (Å²) in [7, 11) is 2.05. The first kappa shape index (κ1) is 13.6. The smallest absolute Gasteiger partial charge is 0.0441 e. The van der Waals surface area contributed by atoms with Crippen LogP contribution >= 0.6 is 38.9 Å². The highest BCUT2D eigenvalue weighted by molar-refractivity contribution is 9.10. The molecule has 1 heterocycles. The molecule has 1 aromatic heterocycles. The van der Waals surface area contributed by atoms with Crippen LogP contribution in [0.5, 0.6) is 0 Å². The largest absolute Gasteiger partial charge is 0.312 e. The third-order valence-corrected chi connectivity index (χ3v) is 5.66. The average Bonchev–Trinajstić information content (AvgIpc) is 3.11. The molecule has 19 heavy (non-hydrogen) atoms. The molecule has 2 aromatic rings. The summed E-state index contributed by atoms with van der Waals surface area (Å²) < 4.78 is 1.10. The van der Waals surface area contributed by atoms with Gasteiger partial charge in [0.05, 0.1) is 0 Å². The minimum Gasteiger partial charge on any atom is -0.312 e. The molecule has 1 atom stereocenters. The van der Waals surface area contributed by atoms with E-state index < -0.39 is 0 Å². The number of halogens is 2. The summed E-state index contributed by atoms with van der Waals surface area (Å²) in [6.07, 6.45) is 2.69. The number of hydrogen-bond donors (Lipinski definition) is 1. The molecule has 4 heteroatoms. The lowest BCUT2D eigenvalue weighted by Crippen LogP contribution is -2.16. The molecule has 100 valence electrons. The number of benzene rings is 1. The quantitative estimate of drug-likeness (QED) is 0.762. The Kier molecular flexibility index (Phi) is 3.99. The van der Waals surface area contributed by atoms with E-state index in [-0.39, 0.29) is 0 Å². The topological polar surface area (TPSA) is 12.0 Å². The van der Waals surface area contributed by atoms with Gasteiger partial charge in [-0.3, -0.25) is 0 Å². The molecule has 1 N–H and O–H groups in total. The minimum absolute atomic E-state index is 0.511. The lowest BCUT2D eigenvalue weighted by Gasteiger charge is -2.12. The van der Waals surface area contributed by atoms with Crippen molar-refractivity contribution in [3.8, 4) is 10.4 Å². The Morgan fingerprint density at radius 1 is 1.32 bits per heavy atom. The summed E-state index contributed by atoms with van der Waals surface area (Å²) in [5, 5.41) is 4.22. The molecule has 1 aromatic carbocycles. The zero-order valence-corrected chi connectivity index (χ0v) is 13.8. The molecule has 0 bridgehead atoms. The molecular formula is C15H15BrClNS. The van der Waals surface area contributed by atoms with Gasteiger partial charge in [-0.05, 0) is 56.1 Å². The van der Waals surface area contributed by atoms with Gasteiger partial charge in [0.25, 0.3) is 0 Å². The molecule has 0 aliphatic heterocycles. The van der Waals surface area contributed by atoms with Crippen molar-refractivity contribution in [2.75, 3.05) is 7.05 Å². The Morgan fingerprint density at radius 2 is 2.11 bits per heavy atom. The van der Waals surface area contributed by atoms with Crippen molar-refractivity contribution in [1.82, 2.24) is 5.32 Å². The lowest BCUT2D eigenvalue weighted by molar-refractivity contribution is 0.537. The van der Waals surface area contributed by atoms with Gasteiger partial charge in [0, 0.05) is 30.9 Å². The first-order chi connectivity index (χ1) is 9.19. The van der Waals surface area contributed by atoms with E-state index in [1.165, 1.54) is 28.2 Å². The fraction of sp³-hybridized carbons (Fsp3) is 0.333. The van der Waals surface area contributed by atoms with E-state index >= 15 is 0 Å². The molecule has 1 saturated carbocycles. The third kappa shape index (κ3) is 2.89. The van der Waals surface area contributed by atoms with Gasteiger partial charge < -0.3 is 5.32 Å². The van der Waals surface area contributed by atoms with Crippen LogP contribution in [0.25, 0.3) is 10.4 Å². The summed E-state index contributed by atoms with van der Waals surface area (Å²) in [6, 6.07) is 10.9. The highest BCUT2D eigenvalue weighted by Crippen LogP contribution is 2.44. The first-order valence-electron chi connectivity index (χ1n) is 6.41. The van der Waals surface area contributed by atoms with Crippen molar-refractivity contribution in [2.24, 2.45) is 5.92 Å². The zero-order chi connectivity index (χ0) is 13.4. The maximum Gasteiger partial charge on any atom is 0.0441 e. The van der Waals surface area contributed by atoms with Crippen LogP contribution in [-0.2, 0) is 0 Å². The maximum atomic E-state index is 6.10. The van der Waals surface area contributed by atoms with E-state index in [0.717, 1.165) is 15.4 Å². The second kappa shape index (κ2) is 5.57. The highest BCUT2D eigenvalue weighted by Gasteiger charge is 2.32. The van der Waals surface area contributed by atoms with Gasteiger partial charge in [-0.1, -0.05) is 27.5 Å². The molecule has 0 amide bonds. The number of thiophene rings is 1. The predicted octanol–water partition coefficient (Wildman–Crippen LogP) is 5.50. The van der Waals surface area contributed by atoms with Crippen molar-refractivity contribution < 1.29 is 0 Å². The third-order valence-electron chi connectivity index (χ3n) is 3.53. The van der Waals surface area contributed by atoms with Crippen LogP contribution in [-0.4, -0.2) is 7.05 Å². The van der Waals surface area contributed by atoms with E-state index in [9.17, 15) is 0 Å². The Morgan fingerprint density at radius 3 is 2.79 bits per heavy atom. The normalized spacial score (nSPS) is 16.6. The molecule has 1 fully saturated rings. The molecule has 0 saturated heterocycles. The van der Waals surface area contributed by atoms with Gasteiger partial charge in [-0.25, -0.2) is 0 Å². The van der Waals surface area contributed by atoms with Crippen LogP contribution in [0.1, 0.15) is 23.8 Å².